The molecule has 130 valence electrons. The van der Waals surface area contributed by atoms with Gasteiger partial charge >= 0.3 is 5.97 Å². The molecule has 1 atom stereocenters. The molecule has 9 heteroatoms. The van der Waals surface area contributed by atoms with Crippen LogP contribution < -0.4 is 22.1 Å². The molecule has 9 nitrogen and oxygen atoms in total. The lowest BCUT2D eigenvalue weighted by atomic mass is 10.1. The SMILES string of the molecule is CC(=O)N[C@@H](CCCN=C(N)N)C(=O)Nc1ccccc1C(=O)O. The minimum Gasteiger partial charge on any atom is -0.478 e. The number of nitrogens with two attached hydrogens (primary N) is 2. The topological polar surface area (TPSA) is 160 Å². The number of carbonyl (C=O) groups excluding carboxylic acids is 2. The van der Waals surface area contributed by atoms with Gasteiger partial charge in [-0.05, 0) is 25.0 Å². The van der Waals surface area contributed by atoms with E-state index < -0.39 is 17.9 Å². The van der Waals surface area contributed by atoms with Gasteiger partial charge in [0.05, 0.1) is 11.3 Å². The summed E-state index contributed by atoms with van der Waals surface area (Å²) in [5, 5.41) is 14.2. The Morgan fingerprint density at radius 2 is 1.92 bits per heavy atom. The highest BCUT2D eigenvalue weighted by atomic mass is 16.4. The number of carbonyl (C=O) groups is 3. The number of benzene rings is 1. The number of nitrogens with zero attached hydrogens (tertiary/aromatic N) is 1. The first kappa shape index (κ1) is 18.9. The van der Waals surface area contributed by atoms with Crippen molar-refractivity contribution in [1.29, 1.82) is 0 Å². The largest absolute Gasteiger partial charge is 0.478 e. The summed E-state index contributed by atoms with van der Waals surface area (Å²) >= 11 is 0. The summed E-state index contributed by atoms with van der Waals surface area (Å²) in [6.07, 6.45) is 0.772. The Morgan fingerprint density at radius 3 is 2.50 bits per heavy atom. The molecule has 0 aliphatic carbocycles. The van der Waals surface area contributed by atoms with Crippen molar-refractivity contribution in [3.8, 4) is 0 Å². The first-order valence-corrected chi connectivity index (χ1v) is 7.27. The second-order valence-electron chi connectivity index (χ2n) is 5.04. The molecule has 2 amide bonds. The number of carboxylic acids is 1. The first-order chi connectivity index (χ1) is 11.3. The molecule has 0 heterocycles. The van der Waals surface area contributed by atoms with Crippen molar-refractivity contribution in [1.82, 2.24) is 5.32 Å². The highest BCUT2D eigenvalue weighted by molar-refractivity contribution is 6.02. The van der Waals surface area contributed by atoms with Crippen molar-refractivity contribution in [3.63, 3.8) is 0 Å². The predicted molar refractivity (Wildman–Crippen MR) is 89.5 cm³/mol. The average Bonchev–Trinajstić information content (AvgIpc) is 2.50. The Hall–Kier alpha value is -3.10. The van der Waals surface area contributed by atoms with Crippen LogP contribution in [0.1, 0.15) is 30.1 Å². The molecule has 7 N–H and O–H groups in total. The highest BCUT2D eigenvalue weighted by Gasteiger charge is 2.21. The molecule has 0 aliphatic rings. The maximum Gasteiger partial charge on any atom is 0.337 e. The van der Waals surface area contributed by atoms with Crippen LogP contribution >= 0.6 is 0 Å². The summed E-state index contributed by atoms with van der Waals surface area (Å²) in [5.41, 5.74) is 10.6. The van der Waals surface area contributed by atoms with Crippen LogP contribution in [0.4, 0.5) is 5.69 Å². The quantitative estimate of drug-likeness (QED) is 0.253. The molecule has 0 unspecified atom stereocenters. The number of aromatic carboxylic acids is 1. The van der Waals surface area contributed by atoms with Crippen LogP contribution in [0.2, 0.25) is 0 Å². The van der Waals surface area contributed by atoms with E-state index in [1.807, 2.05) is 0 Å². The highest BCUT2D eigenvalue weighted by Crippen LogP contribution is 2.15. The minimum atomic E-state index is -1.16. The fourth-order valence-corrected chi connectivity index (χ4v) is 2.02. The number of carboxylic acid groups (broad SMARTS) is 1. The molecular formula is C15H21N5O4. The van der Waals surface area contributed by atoms with Gasteiger partial charge in [0, 0.05) is 13.5 Å². The van der Waals surface area contributed by atoms with Gasteiger partial charge in [0.1, 0.15) is 6.04 Å². The molecule has 0 bridgehead atoms. The van der Waals surface area contributed by atoms with Crippen molar-refractivity contribution in [2.75, 3.05) is 11.9 Å². The number of amides is 2. The van der Waals surface area contributed by atoms with E-state index in [0.29, 0.717) is 19.4 Å². The molecule has 1 rings (SSSR count). The van der Waals surface area contributed by atoms with Gasteiger partial charge in [-0.15, -0.1) is 0 Å². The molecule has 1 aromatic rings. The van der Waals surface area contributed by atoms with Crippen LogP contribution in [0.5, 0.6) is 0 Å². The van der Waals surface area contributed by atoms with Crippen LogP contribution in [0.15, 0.2) is 29.3 Å². The summed E-state index contributed by atoms with van der Waals surface area (Å²) in [4.78, 5) is 38.6. The molecule has 0 radical (unpaired) electrons. The summed E-state index contributed by atoms with van der Waals surface area (Å²) in [5.74, 6) is -2.09. The molecule has 24 heavy (non-hydrogen) atoms. The lowest BCUT2D eigenvalue weighted by Gasteiger charge is -2.18. The van der Waals surface area contributed by atoms with Gasteiger partial charge in [0.2, 0.25) is 11.8 Å². The van der Waals surface area contributed by atoms with Crippen LogP contribution in [-0.2, 0) is 9.59 Å². The number of guanidine groups is 1. The van der Waals surface area contributed by atoms with E-state index in [9.17, 15) is 14.4 Å². The molecule has 0 aliphatic heterocycles. The maximum atomic E-state index is 12.3. The fourth-order valence-electron chi connectivity index (χ4n) is 2.02. The Bertz CT molecular complexity index is 641. The second kappa shape index (κ2) is 9.13. The summed E-state index contributed by atoms with van der Waals surface area (Å²) < 4.78 is 0. The summed E-state index contributed by atoms with van der Waals surface area (Å²) in [7, 11) is 0. The summed E-state index contributed by atoms with van der Waals surface area (Å²) in [6, 6.07) is 5.20. The second-order valence-corrected chi connectivity index (χ2v) is 5.04. The van der Waals surface area contributed by atoms with Gasteiger partial charge in [0.15, 0.2) is 5.96 Å². The van der Waals surface area contributed by atoms with Crippen molar-refractivity contribution < 1.29 is 19.5 Å². The zero-order valence-corrected chi connectivity index (χ0v) is 13.3. The van der Waals surface area contributed by atoms with E-state index >= 15 is 0 Å². The zero-order valence-electron chi connectivity index (χ0n) is 13.3. The number of anilines is 1. The number of hydrogen-bond donors (Lipinski definition) is 5. The predicted octanol–water partition coefficient (Wildman–Crippen LogP) is -0.118. The lowest BCUT2D eigenvalue weighted by Crippen LogP contribution is -2.43. The van der Waals surface area contributed by atoms with Gasteiger partial charge in [-0.3, -0.25) is 14.6 Å². The normalized spacial score (nSPS) is 11.2. The molecule has 1 aromatic carbocycles. The molecule has 0 spiro atoms. The molecule has 0 saturated heterocycles. The van der Waals surface area contributed by atoms with Crippen LogP contribution in [0, 0.1) is 0 Å². The Morgan fingerprint density at radius 1 is 1.25 bits per heavy atom. The standard InChI is InChI=1S/C15H21N5O4/c1-9(21)19-12(7-4-8-18-15(16)17)13(22)20-11-6-3-2-5-10(11)14(23)24/h2-3,5-6,12H,4,7-8H2,1H3,(H,19,21)(H,20,22)(H,23,24)(H4,16,17,18)/t12-/m0/s1. The monoisotopic (exact) mass is 335 g/mol. The fraction of sp³-hybridized carbons (Fsp3) is 0.333. The van der Waals surface area contributed by atoms with E-state index in [0.717, 1.165) is 0 Å². The lowest BCUT2D eigenvalue weighted by molar-refractivity contribution is -0.125. The first-order valence-electron chi connectivity index (χ1n) is 7.27. The zero-order chi connectivity index (χ0) is 18.1. The van der Waals surface area contributed by atoms with Crippen molar-refractivity contribution in [2.24, 2.45) is 16.5 Å². The summed E-state index contributed by atoms with van der Waals surface area (Å²) in [6.45, 7) is 1.61. The number of para-hydroxylation sites is 1. The minimum absolute atomic E-state index is 0.0343. The van der Waals surface area contributed by atoms with Crippen LogP contribution in [-0.4, -0.2) is 41.4 Å². The van der Waals surface area contributed by atoms with Gasteiger partial charge in [-0.1, -0.05) is 12.1 Å². The third-order valence-corrected chi connectivity index (χ3v) is 3.05. The van der Waals surface area contributed by atoms with E-state index in [1.165, 1.54) is 19.1 Å². The molecular weight excluding hydrogens is 314 g/mol. The Balaban J connectivity index is 2.79. The van der Waals surface area contributed by atoms with E-state index in [4.69, 9.17) is 16.6 Å². The Kier molecular flexibility index (Phi) is 7.21. The van der Waals surface area contributed by atoms with Gasteiger partial charge in [-0.2, -0.15) is 0 Å². The average molecular weight is 335 g/mol. The number of rotatable bonds is 8. The number of aliphatic imine (C=N–C) groups is 1. The van der Waals surface area contributed by atoms with E-state index in [-0.39, 0.29) is 23.1 Å². The molecule has 0 fully saturated rings. The number of nitrogens with one attached hydrogen (secondary N) is 2. The van der Waals surface area contributed by atoms with E-state index in [1.54, 1.807) is 12.1 Å². The molecule has 0 saturated carbocycles. The maximum absolute atomic E-state index is 12.3. The van der Waals surface area contributed by atoms with E-state index in [2.05, 4.69) is 15.6 Å². The molecule has 0 aromatic heterocycles. The Labute approximate surface area is 139 Å². The van der Waals surface area contributed by atoms with Crippen LogP contribution in [0.25, 0.3) is 0 Å². The van der Waals surface area contributed by atoms with Crippen molar-refractivity contribution in [3.05, 3.63) is 29.8 Å². The van der Waals surface area contributed by atoms with Gasteiger partial charge in [-0.25, -0.2) is 4.79 Å². The third kappa shape index (κ3) is 6.34. The third-order valence-electron chi connectivity index (χ3n) is 3.05. The van der Waals surface area contributed by atoms with Gasteiger partial charge < -0.3 is 27.2 Å². The van der Waals surface area contributed by atoms with Crippen molar-refractivity contribution in [2.45, 2.75) is 25.8 Å². The smallest absolute Gasteiger partial charge is 0.337 e. The van der Waals surface area contributed by atoms with Crippen molar-refractivity contribution >= 4 is 29.4 Å². The number of hydrogen-bond acceptors (Lipinski definition) is 4. The van der Waals surface area contributed by atoms with Gasteiger partial charge in [0.25, 0.3) is 0 Å². The van der Waals surface area contributed by atoms with Crippen LogP contribution in [0.3, 0.4) is 0 Å².